The Bertz CT molecular complexity index is 921. The van der Waals surface area contributed by atoms with E-state index in [9.17, 15) is 9.59 Å². The van der Waals surface area contributed by atoms with E-state index in [1.807, 2.05) is 0 Å². The molecular formula is C23H33N3O5. The average molecular weight is 432 g/mol. The molecule has 1 N–H and O–H groups in total. The standard InChI is InChI=1S/C23H33N3O5/c1-29-20-14-18-19(15-21(20)30-2)25-16-26(23(18)28)12-6-10-22(27)24-11-7-13-31-17-8-4-3-5-9-17/h14-17H,3-13H2,1-2H3,(H,24,27). The van der Waals surface area contributed by atoms with Crippen molar-refractivity contribution >= 4 is 16.8 Å². The highest BCUT2D eigenvalue weighted by Crippen LogP contribution is 2.29. The summed E-state index contributed by atoms with van der Waals surface area (Å²) in [5.41, 5.74) is 0.387. The molecule has 1 aromatic heterocycles. The lowest BCUT2D eigenvalue weighted by molar-refractivity contribution is -0.121. The summed E-state index contributed by atoms with van der Waals surface area (Å²) in [5.74, 6) is 1.00. The van der Waals surface area contributed by atoms with Crippen molar-refractivity contribution in [3.05, 3.63) is 28.8 Å². The molecule has 0 spiro atoms. The van der Waals surface area contributed by atoms with Gasteiger partial charge in [-0.05, 0) is 31.7 Å². The highest BCUT2D eigenvalue weighted by Gasteiger charge is 2.13. The first kappa shape index (κ1) is 23.1. The average Bonchev–Trinajstić information content (AvgIpc) is 2.80. The second-order valence-electron chi connectivity index (χ2n) is 7.91. The minimum absolute atomic E-state index is 0.00845. The lowest BCUT2D eigenvalue weighted by Crippen LogP contribution is -2.27. The summed E-state index contributed by atoms with van der Waals surface area (Å²) in [6.45, 7) is 1.73. The first-order valence-electron chi connectivity index (χ1n) is 11.1. The Morgan fingerprint density at radius 2 is 1.87 bits per heavy atom. The molecule has 1 aliphatic rings. The van der Waals surface area contributed by atoms with Gasteiger partial charge < -0.3 is 19.5 Å². The van der Waals surface area contributed by atoms with E-state index in [-0.39, 0.29) is 11.5 Å². The van der Waals surface area contributed by atoms with Crippen LogP contribution in [-0.2, 0) is 16.1 Å². The molecule has 1 amide bonds. The van der Waals surface area contributed by atoms with Gasteiger partial charge in [0.2, 0.25) is 5.91 Å². The van der Waals surface area contributed by atoms with Crippen LogP contribution in [-0.4, -0.2) is 48.9 Å². The number of carbonyl (C=O) groups is 1. The van der Waals surface area contributed by atoms with E-state index in [1.165, 1.54) is 37.3 Å². The third-order valence-corrected chi connectivity index (χ3v) is 5.68. The van der Waals surface area contributed by atoms with Crippen LogP contribution in [0.5, 0.6) is 11.5 Å². The lowest BCUT2D eigenvalue weighted by atomic mass is 9.98. The smallest absolute Gasteiger partial charge is 0.261 e. The molecule has 1 aliphatic carbocycles. The van der Waals surface area contributed by atoms with E-state index in [0.717, 1.165) is 19.3 Å². The number of hydrogen-bond donors (Lipinski definition) is 1. The molecule has 1 heterocycles. The second-order valence-corrected chi connectivity index (χ2v) is 7.91. The van der Waals surface area contributed by atoms with Crippen LogP contribution in [0.2, 0.25) is 0 Å². The molecule has 0 bridgehead atoms. The van der Waals surface area contributed by atoms with Crippen LogP contribution in [0, 0.1) is 0 Å². The first-order valence-corrected chi connectivity index (χ1v) is 11.1. The molecule has 170 valence electrons. The van der Waals surface area contributed by atoms with Gasteiger partial charge in [-0.3, -0.25) is 14.2 Å². The normalized spacial score (nSPS) is 14.5. The Balaban J connectivity index is 1.41. The zero-order valence-electron chi connectivity index (χ0n) is 18.5. The largest absolute Gasteiger partial charge is 0.493 e. The lowest BCUT2D eigenvalue weighted by Gasteiger charge is -2.21. The Hall–Kier alpha value is -2.61. The zero-order chi connectivity index (χ0) is 22.1. The molecule has 8 heteroatoms. The third-order valence-electron chi connectivity index (χ3n) is 5.68. The number of rotatable bonds is 11. The topological polar surface area (TPSA) is 91.7 Å². The SMILES string of the molecule is COc1cc2ncn(CCCC(=O)NCCCOC3CCCCC3)c(=O)c2cc1OC. The van der Waals surface area contributed by atoms with Gasteiger partial charge in [-0.25, -0.2) is 4.98 Å². The maximum Gasteiger partial charge on any atom is 0.261 e. The zero-order valence-corrected chi connectivity index (χ0v) is 18.5. The highest BCUT2D eigenvalue weighted by atomic mass is 16.5. The quantitative estimate of drug-likeness (QED) is 0.550. The van der Waals surface area contributed by atoms with Gasteiger partial charge in [0.15, 0.2) is 11.5 Å². The molecule has 0 radical (unpaired) electrons. The van der Waals surface area contributed by atoms with Crippen LogP contribution in [0.15, 0.2) is 23.3 Å². The molecular weight excluding hydrogens is 398 g/mol. The van der Waals surface area contributed by atoms with Crippen LogP contribution in [0.25, 0.3) is 10.9 Å². The van der Waals surface area contributed by atoms with Crippen LogP contribution < -0.4 is 20.3 Å². The summed E-state index contributed by atoms with van der Waals surface area (Å²) in [7, 11) is 3.07. The Morgan fingerprint density at radius 1 is 1.13 bits per heavy atom. The van der Waals surface area contributed by atoms with Crippen LogP contribution in [0.4, 0.5) is 0 Å². The number of amides is 1. The molecule has 0 saturated heterocycles. The predicted octanol–water partition coefficient (Wildman–Crippen LogP) is 3.05. The van der Waals surface area contributed by atoms with Gasteiger partial charge in [0.05, 0.1) is 37.6 Å². The van der Waals surface area contributed by atoms with E-state index >= 15 is 0 Å². The van der Waals surface area contributed by atoms with E-state index in [1.54, 1.807) is 19.2 Å². The van der Waals surface area contributed by atoms with Gasteiger partial charge in [-0.2, -0.15) is 0 Å². The summed E-state index contributed by atoms with van der Waals surface area (Å²) in [4.78, 5) is 29.2. The number of nitrogens with one attached hydrogen (secondary N) is 1. The molecule has 0 atom stereocenters. The number of nitrogens with zero attached hydrogens (tertiary/aromatic N) is 2. The Morgan fingerprint density at radius 3 is 2.61 bits per heavy atom. The summed E-state index contributed by atoms with van der Waals surface area (Å²) < 4.78 is 17.9. The minimum atomic E-state index is -0.161. The van der Waals surface area contributed by atoms with Gasteiger partial charge in [-0.15, -0.1) is 0 Å². The van der Waals surface area contributed by atoms with Crippen molar-refractivity contribution in [1.82, 2.24) is 14.9 Å². The second kappa shape index (κ2) is 11.7. The van der Waals surface area contributed by atoms with Crippen molar-refractivity contribution in [3.63, 3.8) is 0 Å². The maximum atomic E-state index is 12.8. The summed E-state index contributed by atoms with van der Waals surface area (Å²) >= 11 is 0. The molecule has 8 nitrogen and oxygen atoms in total. The highest BCUT2D eigenvalue weighted by molar-refractivity contribution is 5.81. The van der Waals surface area contributed by atoms with E-state index in [0.29, 0.717) is 61.0 Å². The molecule has 1 aromatic carbocycles. The monoisotopic (exact) mass is 431 g/mol. The Labute approximate surface area is 182 Å². The number of benzene rings is 1. The minimum Gasteiger partial charge on any atom is -0.493 e. The number of methoxy groups -OCH3 is 2. The molecule has 2 aromatic rings. The fourth-order valence-electron chi connectivity index (χ4n) is 3.92. The number of carbonyl (C=O) groups excluding carboxylic acids is 1. The van der Waals surface area contributed by atoms with Crippen molar-refractivity contribution in [2.45, 2.75) is 64.0 Å². The third kappa shape index (κ3) is 6.43. The van der Waals surface area contributed by atoms with Crippen LogP contribution >= 0.6 is 0 Å². The van der Waals surface area contributed by atoms with Crippen molar-refractivity contribution in [2.75, 3.05) is 27.4 Å². The van der Waals surface area contributed by atoms with Gasteiger partial charge in [0.25, 0.3) is 5.56 Å². The number of aromatic nitrogens is 2. The van der Waals surface area contributed by atoms with Gasteiger partial charge in [0.1, 0.15) is 0 Å². The molecule has 3 rings (SSSR count). The molecule has 1 saturated carbocycles. The fraction of sp³-hybridized carbons (Fsp3) is 0.609. The van der Waals surface area contributed by atoms with Crippen molar-refractivity contribution in [3.8, 4) is 11.5 Å². The molecule has 0 aliphatic heterocycles. The van der Waals surface area contributed by atoms with Crippen LogP contribution in [0.3, 0.4) is 0 Å². The number of hydrogen-bond acceptors (Lipinski definition) is 6. The summed E-state index contributed by atoms with van der Waals surface area (Å²) in [5, 5.41) is 3.39. The Kier molecular flexibility index (Phi) is 8.70. The maximum absolute atomic E-state index is 12.8. The molecule has 31 heavy (non-hydrogen) atoms. The summed E-state index contributed by atoms with van der Waals surface area (Å²) in [6.07, 6.45) is 9.83. The van der Waals surface area contributed by atoms with E-state index < -0.39 is 0 Å². The van der Waals surface area contributed by atoms with Gasteiger partial charge in [-0.1, -0.05) is 19.3 Å². The first-order chi connectivity index (χ1) is 15.1. The molecule has 1 fully saturated rings. The number of aryl methyl sites for hydroxylation is 1. The van der Waals surface area contributed by atoms with Crippen molar-refractivity contribution in [2.24, 2.45) is 0 Å². The van der Waals surface area contributed by atoms with Gasteiger partial charge in [0, 0.05) is 32.2 Å². The van der Waals surface area contributed by atoms with Crippen LogP contribution in [0.1, 0.15) is 51.4 Å². The number of ether oxygens (including phenoxy) is 3. The fourth-order valence-corrected chi connectivity index (χ4v) is 3.92. The number of fused-ring (bicyclic) bond motifs is 1. The van der Waals surface area contributed by atoms with Crippen molar-refractivity contribution in [1.29, 1.82) is 0 Å². The summed E-state index contributed by atoms with van der Waals surface area (Å²) in [6, 6.07) is 3.33. The van der Waals surface area contributed by atoms with Gasteiger partial charge >= 0.3 is 0 Å². The van der Waals surface area contributed by atoms with E-state index in [4.69, 9.17) is 14.2 Å². The van der Waals surface area contributed by atoms with Crippen molar-refractivity contribution < 1.29 is 19.0 Å². The van der Waals surface area contributed by atoms with E-state index in [2.05, 4.69) is 10.3 Å². The molecule has 0 unspecified atom stereocenters. The predicted molar refractivity (Wildman–Crippen MR) is 119 cm³/mol.